The van der Waals surface area contributed by atoms with Gasteiger partial charge in [0.2, 0.25) is 5.78 Å². The summed E-state index contributed by atoms with van der Waals surface area (Å²) in [5.74, 6) is -0.200. The van der Waals surface area contributed by atoms with E-state index in [2.05, 4.69) is 0 Å². The fourth-order valence-corrected chi connectivity index (χ4v) is 3.05. The summed E-state index contributed by atoms with van der Waals surface area (Å²) in [5, 5.41) is 0. The maximum Gasteiger partial charge on any atom is 0.210 e. The van der Waals surface area contributed by atoms with E-state index >= 15 is 0 Å². The van der Waals surface area contributed by atoms with Gasteiger partial charge in [-0.3, -0.25) is 4.79 Å². The number of halogens is 1. The number of carbonyl (C=O) groups excluding carboxylic acids is 1. The third-order valence-electron chi connectivity index (χ3n) is 3.84. The lowest BCUT2D eigenvalue weighted by atomic mass is 9.92. The van der Waals surface area contributed by atoms with Gasteiger partial charge in [0.25, 0.3) is 0 Å². The van der Waals surface area contributed by atoms with Crippen molar-refractivity contribution in [3.8, 4) is 0 Å². The van der Waals surface area contributed by atoms with E-state index in [1.165, 1.54) is 17.8 Å². The maximum atomic E-state index is 14.5. The zero-order chi connectivity index (χ0) is 16.6. The molecule has 0 atom stereocenters. The van der Waals surface area contributed by atoms with Gasteiger partial charge in [0.1, 0.15) is 11.6 Å². The van der Waals surface area contributed by atoms with Crippen LogP contribution >= 0.6 is 11.8 Å². The standard InChI is InChI=1S/C19H17FO2S/c1-19(2)18(21)16(12-7-5-4-6-8-12)17(22-19)14-10-9-13(23-3)11-15(14)20/h4-11H,1-3H3. The van der Waals surface area contributed by atoms with Crippen LogP contribution in [0.1, 0.15) is 25.0 Å². The van der Waals surface area contributed by atoms with Crippen LogP contribution in [0.4, 0.5) is 4.39 Å². The van der Waals surface area contributed by atoms with Crippen molar-refractivity contribution in [3.63, 3.8) is 0 Å². The molecule has 0 radical (unpaired) electrons. The molecule has 0 aromatic heterocycles. The highest BCUT2D eigenvalue weighted by Gasteiger charge is 2.43. The lowest BCUT2D eigenvalue weighted by Gasteiger charge is -2.18. The smallest absolute Gasteiger partial charge is 0.210 e. The molecule has 1 heterocycles. The average Bonchev–Trinajstić information content (AvgIpc) is 2.78. The number of Topliss-reactive ketones (excluding diaryl/α,β-unsaturated/α-hetero) is 1. The number of ether oxygens (including phenoxy) is 1. The highest BCUT2D eigenvalue weighted by molar-refractivity contribution is 7.98. The van der Waals surface area contributed by atoms with E-state index in [1.807, 2.05) is 42.7 Å². The molecule has 23 heavy (non-hydrogen) atoms. The van der Waals surface area contributed by atoms with E-state index in [1.54, 1.807) is 19.9 Å². The predicted octanol–water partition coefficient (Wildman–Crippen LogP) is 4.79. The second kappa shape index (κ2) is 5.85. The van der Waals surface area contributed by atoms with E-state index in [0.717, 1.165) is 10.5 Å². The molecule has 0 unspecified atom stereocenters. The van der Waals surface area contributed by atoms with E-state index in [4.69, 9.17) is 4.74 Å². The van der Waals surface area contributed by atoms with Crippen molar-refractivity contribution in [2.75, 3.05) is 6.26 Å². The Hall–Kier alpha value is -2.07. The number of hydrogen-bond acceptors (Lipinski definition) is 3. The van der Waals surface area contributed by atoms with Crippen LogP contribution in [0.25, 0.3) is 11.3 Å². The molecule has 0 fully saturated rings. The fourth-order valence-electron chi connectivity index (χ4n) is 2.62. The summed E-state index contributed by atoms with van der Waals surface area (Å²) < 4.78 is 20.4. The number of carbonyl (C=O) groups is 1. The monoisotopic (exact) mass is 328 g/mol. The van der Waals surface area contributed by atoms with Gasteiger partial charge in [-0.25, -0.2) is 4.39 Å². The molecule has 0 aliphatic carbocycles. The molecule has 2 nitrogen and oxygen atoms in total. The van der Waals surface area contributed by atoms with Gasteiger partial charge >= 0.3 is 0 Å². The Balaban J connectivity index is 2.20. The van der Waals surface area contributed by atoms with Gasteiger partial charge in [0.05, 0.1) is 11.1 Å². The first-order valence-corrected chi connectivity index (χ1v) is 8.54. The van der Waals surface area contributed by atoms with Crippen LogP contribution in [-0.2, 0) is 9.53 Å². The van der Waals surface area contributed by atoms with Crippen LogP contribution in [0.2, 0.25) is 0 Å². The van der Waals surface area contributed by atoms with Gasteiger partial charge in [-0.05, 0) is 43.9 Å². The number of benzene rings is 2. The molecule has 0 spiro atoms. The quantitative estimate of drug-likeness (QED) is 0.758. The maximum absolute atomic E-state index is 14.5. The van der Waals surface area contributed by atoms with E-state index in [9.17, 15) is 9.18 Å². The summed E-state index contributed by atoms with van der Waals surface area (Å²) in [6, 6.07) is 14.2. The lowest BCUT2D eigenvalue weighted by Crippen LogP contribution is -2.29. The van der Waals surface area contributed by atoms with Gasteiger partial charge in [0.15, 0.2) is 5.60 Å². The summed E-state index contributed by atoms with van der Waals surface area (Å²) in [5.41, 5.74) is 0.504. The van der Waals surface area contributed by atoms with Crippen molar-refractivity contribution in [3.05, 3.63) is 65.5 Å². The van der Waals surface area contributed by atoms with Crippen molar-refractivity contribution in [1.82, 2.24) is 0 Å². The molecule has 2 aromatic rings. The summed E-state index contributed by atoms with van der Waals surface area (Å²) in [4.78, 5) is 13.6. The molecular weight excluding hydrogens is 311 g/mol. The Morgan fingerprint density at radius 3 is 2.39 bits per heavy atom. The first-order valence-electron chi connectivity index (χ1n) is 7.31. The lowest BCUT2D eigenvalue weighted by molar-refractivity contribution is -0.125. The summed E-state index contributed by atoms with van der Waals surface area (Å²) in [7, 11) is 0. The molecule has 0 amide bonds. The minimum Gasteiger partial charge on any atom is -0.478 e. The van der Waals surface area contributed by atoms with Crippen molar-refractivity contribution < 1.29 is 13.9 Å². The molecule has 3 rings (SSSR count). The van der Waals surface area contributed by atoms with Crippen molar-refractivity contribution in [1.29, 1.82) is 0 Å². The van der Waals surface area contributed by atoms with Crippen LogP contribution in [0.5, 0.6) is 0 Å². The van der Waals surface area contributed by atoms with Crippen molar-refractivity contribution in [2.24, 2.45) is 0 Å². The minimum atomic E-state index is -0.995. The van der Waals surface area contributed by atoms with Gasteiger partial charge < -0.3 is 4.74 Å². The molecule has 4 heteroatoms. The average molecular weight is 328 g/mol. The minimum absolute atomic E-state index is 0.132. The molecule has 0 N–H and O–H groups in total. The van der Waals surface area contributed by atoms with Crippen molar-refractivity contribution >= 4 is 28.9 Å². The molecule has 0 bridgehead atoms. The highest BCUT2D eigenvalue weighted by atomic mass is 32.2. The third kappa shape index (κ3) is 2.79. The van der Waals surface area contributed by atoms with E-state index < -0.39 is 5.60 Å². The van der Waals surface area contributed by atoms with Crippen molar-refractivity contribution in [2.45, 2.75) is 24.3 Å². The second-order valence-corrected chi connectivity index (χ2v) is 6.74. The first kappa shape index (κ1) is 15.8. The van der Waals surface area contributed by atoms with E-state index in [0.29, 0.717) is 16.9 Å². The number of rotatable bonds is 3. The largest absolute Gasteiger partial charge is 0.478 e. The predicted molar refractivity (Wildman–Crippen MR) is 91.6 cm³/mol. The van der Waals surface area contributed by atoms with E-state index in [-0.39, 0.29) is 11.6 Å². The highest BCUT2D eigenvalue weighted by Crippen LogP contribution is 2.42. The zero-order valence-electron chi connectivity index (χ0n) is 13.2. The molecule has 1 aliphatic heterocycles. The Labute approximate surface area is 139 Å². The van der Waals surface area contributed by atoms with Crippen LogP contribution in [0.15, 0.2) is 53.4 Å². The number of thioether (sulfide) groups is 1. The van der Waals surface area contributed by atoms with Crippen LogP contribution in [-0.4, -0.2) is 17.6 Å². The Bertz CT molecular complexity index is 794. The molecule has 1 aliphatic rings. The van der Waals surface area contributed by atoms with Crippen LogP contribution in [0, 0.1) is 5.82 Å². The number of hydrogen-bond donors (Lipinski definition) is 0. The Morgan fingerprint density at radius 2 is 1.78 bits per heavy atom. The first-order chi connectivity index (χ1) is 10.9. The summed E-state index contributed by atoms with van der Waals surface area (Å²) >= 11 is 1.47. The Morgan fingerprint density at radius 1 is 1.09 bits per heavy atom. The zero-order valence-corrected chi connectivity index (χ0v) is 14.0. The normalized spacial score (nSPS) is 16.6. The molecule has 0 saturated heterocycles. The second-order valence-electron chi connectivity index (χ2n) is 5.86. The van der Waals surface area contributed by atoms with Crippen LogP contribution < -0.4 is 0 Å². The van der Waals surface area contributed by atoms with Gasteiger partial charge in [-0.15, -0.1) is 11.8 Å². The summed E-state index contributed by atoms with van der Waals surface area (Å²) in [6.07, 6.45) is 1.89. The van der Waals surface area contributed by atoms with Gasteiger partial charge in [0, 0.05) is 4.90 Å². The molecule has 118 valence electrons. The molecule has 2 aromatic carbocycles. The topological polar surface area (TPSA) is 26.3 Å². The summed E-state index contributed by atoms with van der Waals surface area (Å²) in [6.45, 7) is 3.42. The van der Waals surface area contributed by atoms with Gasteiger partial charge in [-0.2, -0.15) is 0 Å². The Kier molecular flexibility index (Phi) is 4.02. The number of ketones is 1. The fraction of sp³-hybridized carbons (Fsp3) is 0.211. The van der Waals surface area contributed by atoms with Gasteiger partial charge in [-0.1, -0.05) is 30.3 Å². The SMILES string of the molecule is CSc1ccc(C2=C(c3ccccc3)C(=O)C(C)(C)O2)c(F)c1. The molecule has 0 saturated carbocycles. The molecular formula is C19H17FO2S. The third-order valence-corrected chi connectivity index (χ3v) is 4.57. The van der Waals surface area contributed by atoms with Crippen LogP contribution in [0.3, 0.4) is 0 Å².